The third kappa shape index (κ3) is 5.40. The van der Waals surface area contributed by atoms with Gasteiger partial charge in [0.05, 0.1) is 5.75 Å². The number of carbonyl (C=O) groups is 1. The predicted octanol–water partition coefficient (Wildman–Crippen LogP) is 4.70. The Bertz CT molecular complexity index is 970. The molecule has 3 rings (SSSR count). The van der Waals surface area contributed by atoms with Crippen molar-refractivity contribution >= 4 is 45.1 Å². The average molecular weight is 489 g/mol. The number of nitrogens with one attached hydrogen (secondary N) is 1. The zero-order valence-electron chi connectivity index (χ0n) is 17.3. The lowest BCUT2D eigenvalue weighted by atomic mass is 10.2. The molecule has 1 amide bonds. The van der Waals surface area contributed by atoms with Gasteiger partial charge in [0.2, 0.25) is 5.91 Å². The SMILES string of the molecule is CCN(CC)c1ccc(-c2nnc(SCC(=O)Nc3ccc(Br)cn3)n2CC)cc1. The van der Waals surface area contributed by atoms with Crippen LogP contribution in [0.4, 0.5) is 11.5 Å². The van der Waals surface area contributed by atoms with Gasteiger partial charge in [-0.3, -0.25) is 4.79 Å². The standard InChI is InChI=1S/C21H25BrN6OS/c1-4-27(5-2)17-10-7-15(8-11-17)20-25-26-21(28(20)6-3)30-14-19(29)24-18-12-9-16(22)13-23-18/h7-13H,4-6,14H2,1-3H3,(H,23,24,29). The lowest BCUT2D eigenvalue weighted by Crippen LogP contribution is -2.21. The molecule has 2 heterocycles. The van der Waals surface area contributed by atoms with Crippen LogP contribution >= 0.6 is 27.7 Å². The van der Waals surface area contributed by atoms with Crippen molar-refractivity contribution in [3.8, 4) is 11.4 Å². The minimum absolute atomic E-state index is 0.134. The van der Waals surface area contributed by atoms with E-state index in [4.69, 9.17) is 0 Å². The lowest BCUT2D eigenvalue weighted by molar-refractivity contribution is -0.113. The number of nitrogens with zero attached hydrogens (tertiary/aromatic N) is 5. The van der Waals surface area contributed by atoms with Gasteiger partial charge in [-0.05, 0) is 73.1 Å². The summed E-state index contributed by atoms with van der Waals surface area (Å²) in [7, 11) is 0. The number of anilines is 2. The van der Waals surface area contributed by atoms with Gasteiger partial charge >= 0.3 is 0 Å². The van der Waals surface area contributed by atoms with Gasteiger partial charge in [-0.2, -0.15) is 0 Å². The summed E-state index contributed by atoms with van der Waals surface area (Å²) in [6.45, 7) is 9.01. The molecule has 0 spiro atoms. The molecule has 30 heavy (non-hydrogen) atoms. The Balaban J connectivity index is 1.68. The highest BCUT2D eigenvalue weighted by atomic mass is 79.9. The molecular formula is C21H25BrN6OS. The summed E-state index contributed by atoms with van der Waals surface area (Å²) in [5.74, 6) is 1.43. The van der Waals surface area contributed by atoms with Crippen LogP contribution in [0.3, 0.4) is 0 Å². The molecule has 9 heteroatoms. The summed E-state index contributed by atoms with van der Waals surface area (Å²) in [5.41, 5.74) is 2.20. The van der Waals surface area contributed by atoms with E-state index < -0.39 is 0 Å². The number of halogens is 1. The fraction of sp³-hybridized carbons (Fsp3) is 0.333. The molecular weight excluding hydrogens is 464 g/mol. The normalized spacial score (nSPS) is 10.8. The van der Waals surface area contributed by atoms with Gasteiger partial charge in [0, 0.05) is 41.6 Å². The van der Waals surface area contributed by atoms with Crippen molar-refractivity contribution in [2.45, 2.75) is 32.5 Å². The van der Waals surface area contributed by atoms with E-state index in [0.717, 1.165) is 40.7 Å². The molecule has 1 aromatic carbocycles. The van der Waals surface area contributed by atoms with Crippen LogP contribution in [-0.4, -0.2) is 44.5 Å². The van der Waals surface area contributed by atoms with Crippen LogP contribution in [0.2, 0.25) is 0 Å². The smallest absolute Gasteiger partial charge is 0.236 e. The molecule has 0 saturated carbocycles. The Hall–Kier alpha value is -2.39. The quantitative estimate of drug-likeness (QED) is 0.439. The van der Waals surface area contributed by atoms with Gasteiger partial charge in [-0.25, -0.2) is 4.98 Å². The van der Waals surface area contributed by atoms with Crippen LogP contribution in [0.5, 0.6) is 0 Å². The largest absolute Gasteiger partial charge is 0.372 e. The number of thioether (sulfide) groups is 1. The van der Waals surface area contributed by atoms with E-state index in [1.54, 1.807) is 12.3 Å². The topological polar surface area (TPSA) is 75.9 Å². The van der Waals surface area contributed by atoms with Crippen molar-refractivity contribution in [2.75, 3.05) is 29.1 Å². The number of amides is 1. The van der Waals surface area contributed by atoms with Crippen LogP contribution in [0, 0.1) is 0 Å². The zero-order chi connectivity index (χ0) is 21.5. The zero-order valence-corrected chi connectivity index (χ0v) is 19.7. The molecule has 0 aliphatic heterocycles. The Kier molecular flexibility index (Phi) is 7.87. The number of aromatic nitrogens is 4. The van der Waals surface area contributed by atoms with Crippen molar-refractivity contribution in [2.24, 2.45) is 0 Å². The lowest BCUT2D eigenvalue weighted by Gasteiger charge is -2.21. The number of hydrogen-bond acceptors (Lipinski definition) is 6. The molecule has 0 aliphatic carbocycles. The average Bonchev–Trinajstić information content (AvgIpc) is 3.18. The molecule has 3 aromatic rings. The van der Waals surface area contributed by atoms with E-state index in [0.29, 0.717) is 5.82 Å². The molecule has 158 valence electrons. The third-order valence-electron chi connectivity index (χ3n) is 4.61. The van der Waals surface area contributed by atoms with E-state index in [9.17, 15) is 4.79 Å². The van der Waals surface area contributed by atoms with Gasteiger partial charge < -0.3 is 14.8 Å². The highest BCUT2D eigenvalue weighted by molar-refractivity contribution is 9.10. The van der Waals surface area contributed by atoms with Crippen molar-refractivity contribution in [1.29, 1.82) is 0 Å². The summed E-state index contributed by atoms with van der Waals surface area (Å²) in [6, 6.07) is 12.0. The summed E-state index contributed by atoms with van der Waals surface area (Å²) in [4.78, 5) is 18.7. The van der Waals surface area contributed by atoms with E-state index >= 15 is 0 Å². The van der Waals surface area contributed by atoms with E-state index in [1.807, 2.05) is 17.6 Å². The van der Waals surface area contributed by atoms with Crippen LogP contribution in [0.15, 0.2) is 52.2 Å². The predicted molar refractivity (Wildman–Crippen MR) is 126 cm³/mol. The molecule has 1 N–H and O–H groups in total. The van der Waals surface area contributed by atoms with Crippen LogP contribution in [-0.2, 0) is 11.3 Å². The molecule has 0 atom stereocenters. The third-order valence-corrected chi connectivity index (χ3v) is 6.05. The van der Waals surface area contributed by atoms with Gasteiger partial charge in [-0.1, -0.05) is 11.8 Å². The molecule has 0 saturated heterocycles. The maximum absolute atomic E-state index is 12.3. The molecule has 0 aliphatic rings. The van der Waals surface area contributed by atoms with Gasteiger partial charge in [0.25, 0.3) is 0 Å². The Morgan fingerprint density at radius 2 is 1.83 bits per heavy atom. The van der Waals surface area contributed by atoms with E-state index in [-0.39, 0.29) is 11.7 Å². The number of carbonyl (C=O) groups excluding carboxylic acids is 1. The first-order chi connectivity index (χ1) is 14.5. The van der Waals surface area contributed by atoms with Gasteiger partial charge in [-0.15, -0.1) is 10.2 Å². The first-order valence-corrected chi connectivity index (χ1v) is 11.7. The fourth-order valence-corrected chi connectivity index (χ4v) is 4.10. The van der Waals surface area contributed by atoms with Crippen LogP contribution in [0.1, 0.15) is 20.8 Å². The molecule has 7 nitrogen and oxygen atoms in total. The van der Waals surface area contributed by atoms with Crippen molar-refractivity contribution in [3.05, 3.63) is 47.1 Å². The minimum atomic E-state index is -0.134. The summed E-state index contributed by atoms with van der Waals surface area (Å²) >= 11 is 4.69. The number of pyridine rings is 1. The van der Waals surface area contributed by atoms with Gasteiger partial charge in [0.15, 0.2) is 11.0 Å². The number of hydrogen-bond donors (Lipinski definition) is 1. The summed E-state index contributed by atoms with van der Waals surface area (Å²) in [6.07, 6.45) is 1.65. The number of rotatable bonds is 9. The second-order valence-corrected chi connectivity index (χ2v) is 8.33. The minimum Gasteiger partial charge on any atom is -0.372 e. The van der Waals surface area contributed by atoms with Crippen LogP contribution in [0.25, 0.3) is 11.4 Å². The summed E-state index contributed by atoms with van der Waals surface area (Å²) < 4.78 is 2.89. The molecule has 0 unspecified atom stereocenters. The highest BCUT2D eigenvalue weighted by Crippen LogP contribution is 2.26. The molecule has 0 fully saturated rings. The second kappa shape index (κ2) is 10.6. The monoisotopic (exact) mass is 488 g/mol. The van der Waals surface area contributed by atoms with Crippen molar-refractivity contribution < 1.29 is 4.79 Å². The Morgan fingerprint density at radius 3 is 2.43 bits per heavy atom. The molecule has 0 bridgehead atoms. The summed E-state index contributed by atoms with van der Waals surface area (Å²) in [5, 5.41) is 12.2. The highest BCUT2D eigenvalue weighted by Gasteiger charge is 2.15. The van der Waals surface area contributed by atoms with Crippen LogP contribution < -0.4 is 10.2 Å². The van der Waals surface area contributed by atoms with Crippen molar-refractivity contribution in [1.82, 2.24) is 19.7 Å². The molecule has 0 radical (unpaired) electrons. The van der Waals surface area contributed by atoms with E-state index in [1.165, 1.54) is 17.4 Å². The Morgan fingerprint density at radius 1 is 1.10 bits per heavy atom. The number of benzene rings is 1. The van der Waals surface area contributed by atoms with E-state index in [2.05, 4.69) is 79.4 Å². The molecule has 2 aromatic heterocycles. The fourth-order valence-electron chi connectivity index (χ4n) is 3.06. The first kappa shape index (κ1) is 22.3. The second-order valence-electron chi connectivity index (χ2n) is 6.47. The maximum atomic E-state index is 12.3. The first-order valence-electron chi connectivity index (χ1n) is 9.88. The Labute approximate surface area is 189 Å². The van der Waals surface area contributed by atoms with Crippen molar-refractivity contribution in [3.63, 3.8) is 0 Å². The maximum Gasteiger partial charge on any atom is 0.236 e. The van der Waals surface area contributed by atoms with Gasteiger partial charge in [0.1, 0.15) is 5.82 Å².